The minimum Gasteiger partial charge on any atom is -0.342 e. The second-order valence-electron chi connectivity index (χ2n) is 7.58. The molecule has 2 aromatic carbocycles. The Morgan fingerprint density at radius 2 is 1.52 bits per heavy atom. The van der Waals surface area contributed by atoms with E-state index in [4.69, 9.17) is 0 Å². The Labute approximate surface area is 157 Å². The van der Waals surface area contributed by atoms with Crippen LogP contribution in [0.4, 0.5) is 13.2 Å². The van der Waals surface area contributed by atoms with Crippen molar-refractivity contribution in [3.05, 3.63) is 71.3 Å². The smallest absolute Gasteiger partial charge is 0.342 e. The van der Waals surface area contributed by atoms with Crippen molar-refractivity contribution in [3.63, 3.8) is 0 Å². The monoisotopic (exact) mass is 373 g/mol. The Hall–Kier alpha value is -2.30. The van der Waals surface area contributed by atoms with E-state index in [0.29, 0.717) is 5.92 Å². The van der Waals surface area contributed by atoms with Crippen molar-refractivity contribution < 1.29 is 18.0 Å². The van der Waals surface area contributed by atoms with Gasteiger partial charge in [0.05, 0.1) is 5.56 Å². The van der Waals surface area contributed by atoms with Crippen molar-refractivity contribution in [3.8, 4) is 0 Å². The highest BCUT2D eigenvalue weighted by atomic mass is 19.4. The Kier molecular flexibility index (Phi) is 4.70. The molecular weight excluding hydrogens is 351 g/mol. The van der Waals surface area contributed by atoms with Gasteiger partial charge in [-0.3, -0.25) is 4.79 Å². The molecule has 1 saturated carbocycles. The molecule has 1 aliphatic heterocycles. The first-order valence-electron chi connectivity index (χ1n) is 9.44. The minimum absolute atomic E-state index is 0.0617. The number of rotatable bonds is 3. The van der Waals surface area contributed by atoms with Crippen molar-refractivity contribution in [2.24, 2.45) is 5.92 Å². The van der Waals surface area contributed by atoms with Crippen LogP contribution in [-0.4, -0.2) is 23.9 Å². The van der Waals surface area contributed by atoms with E-state index in [1.54, 1.807) is 0 Å². The van der Waals surface area contributed by atoms with Gasteiger partial charge in [-0.25, -0.2) is 0 Å². The van der Waals surface area contributed by atoms with Gasteiger partial charge in [-0.05, 0) is 54.4 Å². The van der Waals surface area contributed by atoms with Gasteiger partial charge in [0.2, 0.25) is 5.91 Å². The van der Waals surface area contributed by atoms with Gasteiger partial charge < -0.3 is 4.90 Å². The lowest BCUT2D eigenvalue weighted by atomic mass is 9.89. The lowest BCUT2D eigenvalue weighted by Crippen LogP contribution is -2.39. The summed E-state index contributed by atoms with van der Waals surface area (Å²) < 4.78 is 38.0. The van der Waals surface area contributed by atoms with Crippen LogP contribution in [0.3, 0.4) is 0 Å². The number of likely N-dealkylation sites (tertiary alicyclic amines) is 1. The lowest BCUT2D eigenvalue weighted by Gasteiger charge is -2.32. The van der Waals surface area contributed by atoms with E-state index in [2.05, 4.69) is 12.1 Å². The molecule has 142 valence electrons. The van der Waals surface area contributed by atoms with Gasteiger partial charge in [0.1, 0.15) is 0 Å². The van der Waals surface area contributed by atoms with Crippen molar-refractivity contribution in [2.45, 2.75) is 37.3 Å². The number of hydrogen-bond donors (Lipinski definition) is 0. The van der Waals surface area contributed by atoms with E-state index in [-0.39, 0.29) is 17.7 Å². The third kappa shape index (κ3) is 3.87. The maximum atomic E-state index is 12.8. The Morgan fingerprint density at radius 1 is 0.889 bits per heavy atom. The van der Waals surface area contributed by atoms with Crippen molar-refractivity contribution in [1.29, 1.82) is 0 Å². The predicted octanol–water partition coefficient (Wildman–Crippen LogP) is 5.22. The van der Waals surface area contributed by atoms with Gasteiger partial charge in [-0.1, -0.05) is 42.5 Å². The summed E-state index contributed by atoms with van der Waals surface area (Å²) in [6, 6.07) is 15.6. The van der Waals surface area contributed by atoms with Gasteiger partial charge in [0.25, 0.3) is 0 Å². The highest BCUT2D eigenvalue weighted by Gasteiger charge is 2.46. The van der Waals surface area contributed by atoms with E-state index in [9.17, 15) is 18.0 Å². The van der Waals surface area contributed by atoms with Gasteiger partial charge in [-0.2, -0.15) is 13.2 Å². The number of piperidine rings is 1. The number of carbonyl (C=O) groups is 1. The molecule has 0 spiro atoms. The summed E-state index contributed by atoms with van der Waals surface area (Å²) in [6.45, 7) is 1.52. The van der Waals surface area contributed by atoms with E-state index < -0.39 is 11.7 Å². The first-order valence-corrected chi connectivity index (χ1v) is 9.44. The van der Waals surface area contributed by atoms with Crippen LogP contribution >= 0.6 is 0 Å². The van der Waals surface area contributed by atoms with Crippen LogP contribution in [0.2, 0.25) is 0 Å². The molecule has 0 radical (unpaired) electrons. The molecular formula is C22H22F3NO. The molecule has 2 aliphatic rings. The number of halogens is 3. The fraction of sp³-hybridized carbons (Fsp3) is 0.409. The first kappa shape index (κ1) is 18.1. The Morgan fingerprint density at radius 3 is 2.11 bits per heavy atom. The third-order valence-corrected chi connectivity index (χ3v) is 5.85. The molecule has 2 nitrogen and oxygen atoms in total. The summed E-state index contributed by atoms with van der Waals surface area (Å²) in [4.78, 5) is 14.7. The third-order valence-electron chi connectivity index (χ3n) is 5.85. The van der Waals surface area contributed by atoms with Crippen LogP contribution in [0.1, 0.15) is 47.8 Å². The lowest BCUT2D eigenvalue weighted by molar-refractivity contribution is -0.137. The fourth-order valence-corrected chi connectivity index (χ4v) is 4.15. The van der Waals surface area contributed by atoms with Crippen LogP contribution in [0.25, 0.3) is 0 Å². The van der Waals surface area contributed by atoms with Gasteiger partial charge >= 0.3 is 6.18 Å². The second kappa shape index (κ2) is 7.02. The van der Waals surface area contributed by atoms with E-state index in [0.717, 1.165) is 50.0 Å². The summed E-state index contributed by atoms with van der Waals surface area (Å²) in [5.74, 6) is 0.646. The summed E-state index contributed by atoms with van der Waals surface area (Å²) in [5.41, 5.74) is 1.52. The maximum Gasteiger partial charge on any atom is 0.416 e. The number of hydrogen-bond acceptors (Lipinski definition) is 1. The fourth-order valence-electron chi connectivity index (χ4n) is 4.15. The summed E-state index contributed by atoms with van der Waals surface area (Å²) in [6.07, 6.45) is -1.65. The van der Waals surface area contributed by atoms with Crippen molar-refractivity contribution in [2.75, 3.05) is 13.1 Å². The average Bonchev–Trinajstić information content (AvgIpc) is 3.49. The van der Waals surface area contributed by atoms with Crippen LogP contribution in [0.5, 0.6) is 0 Å². The molecule has 0 bridgehead atoms. The molecule has 0 aromatic heterocycles. The van der Waals surface area contributed by atoms with Gasteiger partial charge in [-0.15, -0.1) is 0 Å². The molecule has 2 atom stereocenters. The molecule has 4 rings (SSSR count). The quantitative estimate of drug-likeness (QED) is 0.723. The Balaban J connectivity index is 1.33. The molecule has 1 heterocycles. The standard InChI is InChI=1S/C22H22F3NO/c23-22(24,25)18-8-6-17(7-9-18)19-14-20(19)21(27)26-12-10-16(11-13-26)15-4-2-1-3-5-15/h1-9,16,19-20H,10-14H2. The molecule has 2 unspecified atom stereocenters. The zero-order chi connectivity index (χ0) is 19.0. The topological polar surface area (TPSA) is 20.3 Å². The number of carbonyl (C=O) groups excluding carboxylic acids is 1. The molecule has 1 saturated heterocycles. The van der Waals surface area contributed by atoms with Crippen LogP contribution in [-0.2, 0) is 11.0 Å². The predicted molar refractivity (Wildman–Crippen MR) is 97.3 cm³/mol. The van der Waals surface area contributed by atoms with E-state index >= 15 is 0 Å². The van der Waals surface area contributed by atoms with Gasteiger partial charge in [0, 0.05) is 19.0 Å². The molecule has 1 amide bonds. The van der Waals surface area contributed by atoms with Crippen LogP contribution < -0.4 is 0 Å². The van der Waals surface area contributed by atoms with Crippen LogP contribution in [0, 0.1) is 5.92 Å². The van der Waals surface area contributed by atoms with Crippen molar-refractivity contribution in [1.82, 2.24) is 4.90 Å². The van der Waals surface area contributed by atoms with Crippen LogP contribution in [0.15, 0.2) is 54.6 Å². The second-order valence-corrected chi connectivity index (χ2v) is 7.58. The summed E-state index contributed by atoms with van der Waals surface area (Å²) in [5, 5.41) is 0. The SMILES string of the molecule is O=C(C1CC1c1ccc(C(F)(F)F)cc1)N1CCC(c2ccccc2)CC1. The zero-order valence-corrected chi connectivity index (χ0v) is 15.0. The molecule has 2 aromatic rings. The summed E-state index contributed by atoms with van der Waals surface area (Å²) >= 11 is 0. The number of alkyl halides is 3. The molecule has 1 aliphatic carbocycles. The highest BCUT2D eigenvalue weighted by Crippen LogP contribution is 2.49. The van der Waals surface area contributed by atoms with Crippen molar-refractivity contribution >= 4 is 5.91 Å². The Bertz CT molecular complexity index is 793. The number of benzene rings is 2. The number of nitrogens with zero attached hydrogens (tertiary/aromatic N) is 1. The highest BCUT2D eigenvalue weighted by molar-refractivity contribution is 5.83. The molecule has 2 fully saturated rings. The normalized spacial score (nSPS) is 23.3. The maximum absolute atomic E-state index is 12.8. The largest absolute Gasteiger partial charge is 0.416 e. The summed E-state index contributed by atoms with van der Waals surface area (Å²) in [7, 11) is 0. The molecule has 27 heavy (non-hydrogen) atoms. The van der Waals surface area contributed by atoms with E-state index in [1.807, 2.05) is 23.1 Å². The molecule has 5 heteroatoms. The first-order chi connectivity index (χ1) is 12.9. The number of amides is 1. The minimum atomic E-state index is -4.32. The average molecular weight is 373 g/mol. The zero-order valence-electron chi connectivity index (χ0n) is 15.0. The van der Waals surface area contributed by atoms with Gasteiger partial charge in [0.15, 0.2) is 0 Å². The molecule has 0 N–H and O–H groups in total. The van der Waals surface area contributed by atoms with E-state index in [1.165, 1.54) is 17.7 Å².